The number of sulfonamides is 1. The Morgan fingerprint density at radius 3 is 1.94 bits per heavy atom. The van der Waals surface area contributed by atoms with Crippen LogP contribution in [0.25, 0.3) is 0 Å². The first kappa shape index (κ1) is 23.9. The molecule has 0 aliphatic rings. The number of ether oxygens (including phenoxy) is 3. The van der Waals surface area contributed by atoms with Gasteiger partial charge >= 0.3 is 0 Å². The second kappa shape index (κ2) is 11.2. The third kappa shape index (κ3) is 6.39. The maximum atomic E-state index is 13.3. The van der Waals surface area contributed by atoms with Gasteiger partial charge in [-0.15, -0.1) is 0 Å². The predicted molar refractivity (Wildman–Crippen MR) is 125 cm³/mol. The van der Waals surface area contributed by atoms with Crippen molar-refractivity contribution in [2.24, 2.45) is 0 Å². The van der Waals surface area contributed by atoms with Gasteiger partial charge in [0.2, 0.25) is 5.91 Å². The lowest BCUT2D eigenvalue weighted by molar-refractivity contribution is -0.119. The fraction of sp³-hybridized carbons (Fsp3) is 0.208. The second-order valence-electron chi connectivity index (χ2n) is 6.90. The van der Waals surface area contributed by atoms with Gasteiger partial charge in [0.15, 0.2) is 0 Å². The van der Waals surface area contributed by atoms with Crippen LogP contribution in [0.3, 0.4) is 0 Å². The van der Waals surface area contributed by atoms with E-state index in [4.69, 9.17) is 14.2 Å². The summed E-state index contributed by atoms with van der Waals surface area (Å²) in [6.07, 6.45) is 0. The highest BCUT2D eigenvalue weighted by Gasteiger charge is 2.27. The summed E-state index contributed by atoms with van der Waals surface area (Å²) in [5.74, 6) is 1.48. The molecule has 3 aromatic rings. The Hall–Kier alpha value is -3.72. The van der Waals surface area contributed by atoms with Gasteiger partial charge in [0.05, 0.1) is 31.3 Å². The highest BCUT2D eigenvalue weighted by molar-refractivity contribution is 7.92. The number of methoxy groups -OCH3 is 2. The molecule has 0 aromatic heterocycles. The van der Waals surface area contributed by atoms with Gasteiger partial charge in [-0.1, -0.05) is 18.2 Å². The van der Waals surface area contributed by atoms with Crippen molar-refractivity contribution in [1.82, 2.24) is 5.32 Å². The van der Waals surface area contributed by atoms with Crippen molar-refractivity contribution in [1.29, 1.82) is 0 Å². The van der Waals surface area contributed by atoms with Crippen LogP contribution < -0.4 is 23.8 Å². The Morgan fingerprint density at radius 1 is 0.818 bits per heavy atom. The molecule has 0 aliphatic carbocycles. The molecular weight excluding hydrogens is 444 g/mol. The molecule has 8 nitrogen and oxygen atoms in total. The van der Waals surface area contributed by atoms with Crippen molar-refractivity contribution in [3.8, 4) is 17.2 Å². The molecule has 0 radical (unpaired) electrons. The summed E-state index contributed by atoms with van der Waals surface area (Å²) in [4.78, 5) is 12.7. The number of anilines is 1. The molecule has 1 amide bonds. The van der Waals surface area contributed by atoms with Crippen LogP contribution in [0.5, 0.6) is 17.2 Å². The van der Waals surface area contributed by atoms with E-state index < -0.39 is 15.9 Å². The number of carbonyl (C=O) groups excluding carboxylic acids is 1. The lowest BCUT2D eigenvalue weighted by atomic mass is 10.3. The summed E-state index contributed by atoms with van der Waals surface area (Å²) < 4.78 is 43.4. The molecule has 3 rings (SSSR count). The normalized spacial score (nSPS) is 10.8. The van der Waals surface area contributed by atoms with Crippen LogP contribution in [-0.4, -0.2) is 48.2 Å². The average molecular weight is 471 g/mol. The van der Waals surface area contributed by atoms with Gasteiger partial charge < -0.3 is 19.5 Å². The summed E-state index contributed by atoms with van der Waals surface area (Å²) in [7, 11) is -0.856. The Kier molecular flexibility index (Phi) is 8.15. The molecule has 33 heavy (non-hydrogen) atoms. The minimum absolute atomic E-state index is 0.0939. The quantitative estimate of drug-likeness (QED) is 0.433. The minimum atomic E-state index is -3.96. The predicted octanol–water partition coefficient (Wildman–Crippen LogP) is 3.09. The van der Waals surface area contributed by atoms with Gasteiger partial charge in [0, 0.05) is 0 Å². The van der Waals surface area contributed by atoms with E-state index in [1.165, 1.54) is 19.2 Å². The van der Waals surface area contributed by atoms with E-state index in [0.717, 1.165) is 4.31 Å². The highest BCUT2D eigenvalue weighted by atomic mass is 32.2. The lowest BCUT2D eigenvalue weighted by Crippen LogP contribution is -2.41. The molecule has 0 saturated carbocycles. The summed E-state index contributed by atoms with van der Waals surface area (Å²) in [6, 6.07) is 21.5. The molecule has 9 heteroatoms. The number of amides is 1. The molecule has 3 aromatic carbocycles. The van der Waals surface area contributed by atoms with Gasteiger partial charge in [-0.05, 0) is 60.7 Å². The maximum absolute atomic E-state index is 13.3. The zero-order valence-electron chi connectivity index (χ0n) is 18.4. The van der Waals surface area contributed by atoms with Crippen LogP contribution in [-0.2, 0) is 14.8 Å². The molecule has 0 bridgehead atoms. The number of nitrogens with one attached hydrogen (secondary N) is 1. The van der Waals surface area contributed by atoms with Crippen molar-refractivity contribution >= 4 is 21.6 Å². The van der Waals surface area contributed by atoms with E-state index in [0.29, 0.717) is 22.9 Å². The lowest BCUT2D eigenvalue weighted by Gasteiger charge is -2.24. The summed E-state index contributed by atoms with van der Waals surface area (Å²) in [6.45, 7) is 0.0603. The second-order valence-corrected chi connectivity index (χ2v) is 8.76. The van der Waals surface area contributed by atoms with Crippen LogP contribution in [0.15, 0.2) is 83.8 Å². The van der Waals surface area contributed by atoms with E-state index in [-0.39, 0.29) is 24.6 Å². The number of hydrogen-bond acceptors (Lipinski definition) is 6. The van der Waals surface area contributed by atoms with Crippen LogP contribution in [0.1, 0.15) is 0 Å². The monoisotopic (exact) mass is 470 g/mol. The number of benzene rings is 3. The van der Waals surface area contributed by atoms with Crippen molar-refractivity contribution in [3.05, 3.63) is 78.9 Å². The van der Waals surface area contributed by atoms with E-state index in [9.17, 15) is 13.2 Å². The molecule has 0 aliphatic heterocycles. The molecule has 0 unspecified atom stereocenters. The molecule has 0 fully saturated rings. The Balaban J connectivity index is 1.66. The molecular formula is C24H26N2O6S. The largest absolute Gasteiger partial charge is 0.497 e. The van der Waals surface area contributed by atoms with Crippen molar-refractivity contribution in [2.45, 2.75) is 4.90 Å². The Labute approximate surface area is 193 Å². The van der Waals surface area contributed by atoms with E-state index in [2.05, 4.69) is 5.32 Å². The third-order valence-electron chi connectivity index (χ3n) is 4.73. The van der Waals surface area contributed by atoms with Crippen LogP contribution >= 0.6 is 0 Å². The molecule has 0 saturated heterocycles. The molecule has 1 N–H and O–H groups in total. The molecule has 0 atom stereocenters. The smallest absolute Gasteiger partial charge is 0.264 e. The van der Waals surface area contributed by atoms with Gasteiger partial charge in [0.1, 0.15) is 30.4 Å². The first-order valence-electron chi connectivity index (χ1n) is 10.2. The maximum Gasteiger partial charge on any atom is 0.264 e. The average Bonchev–Trinajstić information content (AvgIpc) is 2.86. The van der Waals surface area contributed by atoms with Gasteiger partial charge in [-0.25, -0.2) is 8.42 Å². The Morgan fingerprint density at radius 2 is 1.36 bits per heavy atom. The first-order chi connectivity index (χ1) is 15.9. The number of nitrogens with zero attached hydrogens (tertiary/aromatic N) is 1. The van der Waals surface area contributed by atoms with Gasteiger partial charge in [0.25, 0.3) is 10.0 Å². The van der Waals surface area contributed by atoms with Crippen LogP contribution in [0.4, 0.5) is 5.69 Å². The number of hydrogen-bond donors (Lipinski definition) is 1. The van der Waals surface area contributed by atoms with E-state index >= 15 is 0 Å². The van der Waals surface area contributed by atoms with E-state index in [1.54, 1.807) is 73.8 Å². The minimum Gasteiger partial charge on any atom is -0.497 e. The first-order valence-corrected chi connectivity index (χ1v) is 11.6. The molecule has 0 heterocycles. The third-order valence-corrected chi connectivity index (χ3v) is 6.52. The fourth-order valence-electron chi connectivity index (χ4n) is 3.00. The Bertz CT molecular complexity index is 1130. The van der Waals surface area contributed by atoms with Crippen molar-refractivity contribution < 1.29 is 27.4 Å². The highest BCUT2D eigenvalue weighted by Crippen LogP contribution is 2.25. The summed E-state index contributed by atoms with van der Waals surface area (Å²) in [5.41, 5.74) is 0.351. The molecule has 0 spiro atoms. The number of carbonyl (C=O) groups is 1. The summed E-state index contributed by atoms with van der Waals surface area (Å²) >= 11 is 0. The zero-order chi connectivity index (χ0) is 23.7. The van der Waals surface area contributed by atoms with Crippen molar-refractivity contribution in [3.63, 3.8) is 0 Å². The van der Waals surface area contributed by atoms with Crippen LogP contribution in [0, 0.1) is 0 Å². The fourth-order valence-corrected chi connectivity index (χ4v) is 4.44. The standard InChI is InChI=1S/C24H26N2O6S/c1-30-20-10-8-19(9-11-20)26(33(28,29)23-6-4-3-5-7-23)18-24(27)25-16-17-32-22-14-12-21(31-2)13-15-22/h3-15H,16-18H2,1-2H3,(H,25,27). The topological polar surface area (TPSA) is 94.2 Å². The SMILES string of the molecule is COc1ccc(OCCNC(=O)CN(c2ccc(OC)cc2)S(=O)(=O)c2ccccc2)cc1. The van der Waals surface area contributed by atoms with Gasteiger partial charge in [-0.3, -0.25) is 9.10 Å². The zero-order valence-corrected chi connectivity index (χ0v) is 19.2. The summed E-state index contributed by atoms with van der Waals surface area (Å²) in [5, 5.41) is 2.70. The van der Waals surface area contributed by atoms with Crippen molar-refractivity contribution in [2.75, 3.05) is 38.2 Å². The number of rotatable bonds is 11. The van der Waals surface area contributed by atoms with Crippen LogP contribution in [0.2, 0.25) is 0 Å². The van der Waals surface area contributed by atoms with E-state index in [1.807, 2.05) is 0 Å². The molecule has 174 valence electrons. The van der Waals surface area contributed by atoms with Gasteiger partial charge in [-0.2, -0.15) is 0 Å².